The van der Waals surface area contributed by atoms with E-state index in [9.17, 15) is 0 Å². The first-order valence-corrected chi connectivity index (χ1v) is 4.88. The Morgan fingerprint density at radius 2 is 2.38 bits per heavy atom. The molecule has 1 aliphatic heterocycles. The van der Waals surface area contributed by atoms with E-state index in [2.05, 4.69) is 0 Å². The highest BCUT2D eigenvalue weighted by Crippen LogP contribution is 2.09. The molecule has 0 aromatic heterocycles. The molecule has 3 heteroatoms. The van der Waals surface area contributed by atoms with Gasteiger partial charge < -0.3 is 4.74 Å². The molecule has 0 aromatic rings. The van der Waals surface area contributed by atoms with Crippen molar-refractivity contribution in [3.05, 3.63) is 0 Å². The summed E-state index contributed by atoms with van der Waals surface area (Å²) in [4.78, 5) is 0. The topological polar surface area (TPSA) is 9.23 Å². The van der Waals surface area contributed by atoms with E-state index in [0.29, 0.717) is 5.73 Å². The summed E-state index contributed by atoms with van der Waals surface area (Å²) in [5.41, 5.74) is 0.503. The van der Waals surface area contributed by atoms with E-state index in [-0.39, 0.29) is 9.39 Å². The van der Waals surface area contributed by atoms with Crippen molar-refractivity contribution in [1.82, 2.24) is 0 Å². The first-order chi connectivity index (χ1) is 3.93. The Bertz CT molecular complexity index is 63.4. The van der Waals surface area contributed by atoms with E-state index in [1.165, 1.54) is 19.3 Å². The molecule has 0 saturated carbocycles. The van der Waals surface area contributed by atoms with Gasteiger partial charge in [0.2, 0.25) is 0 Å². The van der Waals surface area contributed by atoms with Gasteiger partial charge in [0.25, 0.3) is 0 Å². The molecule has 1 fully saturated rings. The lowest BCUT2D eigenvalue weighted by atomic mass is 10.2. The van der Waals surface area contributed by atoms with Crippen molar-refractivity contribution >= 4 is 16.8 Å². The van der Waals surface area contributed by atoms with Gasteiger partial charge in [0.05, 0.1) is 7.44 Å². The zero-order valence-electron chi connectivity index (χ0n) is 5.10. The molecule has 1 heterocycles. The molecule has 44 valence electrons. The Morgan fingerprint density at radius 1 is 1.50 bits per heavy atom. The first-order valence-electron chi connectivity index (χ1n) is 3.25. The maximum atomic E-state index is 5.52. The number of hydrogen-bond donors (Lipinski definition) is 0. The fourth-order valence-corrected chi connectivity index (χ4v) is 1.82. The maximum absolute atomic E-state index is 5.52. The molecule has 1 rings (SSSR count). The SMILES string of the molecule is [B][SiH2]C1CCCCO1. The van der Waals surface area contributed by atoms with Gasteiger partial charge in [-0.2, -0.15) is 0 Å². The summed E-state index contributed by atoms with van der Waals surface area (Å²) in [5.74, 6) is 0. The quantitative estimate of drug-likeness (QED) is 0.441. The van der Waals surface area contributed by atoms with Crippen LogP contribution in [0.3, 0.4) is 0 Å². The van der Waals surface area contributed by atoms with Crippen molar-refractivity contribution in [1.29, 1.82) is 0 Å². The van der Waals surface area contributed by atoms with Gasteiger partial charge in [0, 0.05) is 21.7 Å². The molecule has 0 spiro atoms. The van der Waals surface area contributed by atoms with Crippen LogP contribution in [-0.4, -0.2) is 29.2 Å². The van der Waals surface area contributed by atoms with E-state index >= 15 is 0 Å². The number of hydrogen-bond acceptors (Lipinski definition) is 1. The molecule has 8 heavy (non-hydrogen) atoms. The standard InChI is InChI=1S/C5H11BOSi/c6-8-5-3-1-2-4-7-5/h5H,1-4,8H2. The largest absolute Gasteiger partial charge is 0.383 e. The van der Waals surface area contributed by atoms with Gasteiger partial charge in [0.15, 0.2) is 0 Å². The minimum Gasteiger partial charge on any atom is -0.383 e. The van der Waals surface area contributed by atoms with Gasteiger partial charge in [-0.05, 0) is 19.3 Å². The lowest BCUT2D eigenvalue weighted by molar-refractivity contribution is 0.0666. The highest BCUT2D eigenvalue weighted by molar-refractivity contribution is 6.90. The van der Waals surface area contributed by atoms with Crippen LogP contribution in [0.1, 0.15) is 19.3 Å². The van der Waals surface area contributed by atoms with Crippen molar-refractivity contribution in [3.8, 4) is 0 Å². The monoisotopic (exact) mass is 126 g/mol. The maximum Gasteiger partial charge on any atom is 0.0513 e. The van der Waals surface area contributed by atoms with Crippen LogP contribution in [0.15, 0.2) is 0 Å². The molecule has 2 radical (unpaired) electrons. The van der Waals surface area contributed by atoms with Gasteiger partial charge in [-0.3, -0.25) is 0 Å². The summed E-state index contributed by atoms with van der Waals surface area (Å²) in [5, 5.41) is 0. The Hall–Kier alpha value is 0.242. The van der Waals surface area contributed by atoms with Crippen LogP contribution in [0.2, 0.25) is 0 Å². The molecule has 1 saturated heterocycles. The van der Waals surface area contributed by atoms with E-state index in [0.717, 1.165) is 6.61 Å². The zero-order valence-corrected chi connectivity index (χ0v) is 6.51. The third kappa shape index (κ3) is 1.64. The summed E-state index contributed by atoms with van der Waals surface area (Å²) in [6.45, 7) is 0.953. The minimum absolute atomic E-state index is 0.354. The molecule has 0 aromatic carbocycles. The van der Waals surface area contributed by atoms with Crippen molar-refractivity contribution in [2.45, 2.75) is 25.0 Å². The summed E-state index contributed by atoms with van der Waals surface area (Å²) in [6, 6.07) is 0. The molecule has 1 unspecified atom stereocenters. The Balaban J connectivity index is 2.13. The normalized spacial score (nSPS) is 31.8. The molecule has 1 nitrogen and oxygen atoms in total. The summed E-state index contributed by atoms with van der Waals surface area (Å²) in [6.07, 6.45) is 3.79. The molecule has 0 bridgehead atoms. The van der Waals surface area contributed by atoms with Gasteiger partial charge in [-0.1, -0.05) is 0 Å². The van der Waals surface area contributed by atoms with Crippen molar-refractivity contribution in [3.63, 3.8) is 0 Å². The molecule has 1 aliphatic rings. The van der Waals surface area contributed by atoms with Crippen LogP contribution in [0.5, 0.6) is 0 Å². The fraction of sp³-hybridized carbons (Fsp3) is 1.00. The second-order valence-corrected chi connectivity index (χ2v) is 3.61. The molecular weight excluding hydrogens is 115 g/mol. The second kappa shape index (κ2) is 3.30. The summed E-state index contributed by atoms with van der Waals surface area (Å²) < 4.78 is 5.36. The van der Waals surface area contributed by atoms with Crippen LogP contribution < -0.4 is 0 Å². The molecular formula is C5H11BOSi. The van der Waals surface area contributed by atoms with Gasteiger partial charge in [-0.15, -0.1) is 0 Å². The van der Waals surface area contributed by atoms with E-state index in [1.54, 1.807) is 0 Å². The van der Waals surface area contributed by atoms with Crippen LogP contribution in [0.25, 0.3) is 0 Å². The number of rotatable bonds is 1. The van der Waals surface area contributed by atoms with Crippen LogP contribution in [-0.2, 0) is 4.74 Å². The Kier molecular flexibility index (Phi) is 2.63. The zero-order chi connectivity index (χ0) is 5.82. The lowest BCUT2D eigenvalue weighted by Crippen LogP contribution is -2.25. The van der Waals surface area contributed by atoms with Crippen LogP contribution >= 0.6 is 0 Å². The summed E-state index contributed by atoms with van der Waals surface area (Å²) >= 11 is 0. The minimum atomic E-state index is -0.354. The fourth-order valence-electron chi connectivity index (χ4n) is 0.993. The van der Waals surface area contributed by atoms with E-state index in [1.807, 2.05) is 0 Å². The third-order valence-electron chi connectivity index (χ3n) is 1.54. The number of ether oxygens (including phenoxy) is 1. The predicted molar refractivity (Wildman–Crippen MR) is 37.9 cm³/mol. The van der Waals surface area contributed by atoms with Crippen LogP contribution in [0, 0.1) is 0 Å². The average Bonchev–Trinajstić information content (AvgIpc) is 1.90. The highest BCUT2D eigenvalue weighted by atomic mass is 28.2. The highest BCUT2D eigenvalue weighted by Gasteiger charge is 2.09. The average molecular weight is 126 g/mol. The van der Waals surface area contributed by atoms with E-state index < -0.39 is 0 Å². The van der Waals surface area contributed by atoms with Gasteiger partial charge in [0.1, 0.15) is 0 Å². The Morgan fingerprint density at radius 3 is 2.75 bits per heavy atom. The predicted octanol–water partition coefficient (Wildman–Crippen LogP) is -0.235. The van der Waals surface area contributed by atoms with Crippen molar-refractivity contribution in [2.24, 2.45) is 0 Å². The second-order valence-electron chi connectivity index (χ2n) is 2.22. The van der Waals surface area contributed by atoms with Crippen LogP contribution in [0.4, 0.5) is 0 Å². The molecule has 0 N–H and O–H groups in total. The van der Waals surface area contributed by atoms with Crippen molar-refractivity contribution in [2.75, 3.05) is 6.61 Å². The van der Waals surface area contributed by atoms with Gasteiger partial charge >= 0.3 is 0 Å². The molecule has 1 atom stereocenters. The molecule has 0 aliphatic carbocycles. The third-order valence-corrected chi connectivity index (χ3v) is 2.71. The summed E-state index contributed by atoms with van der Waals surface area (Å²) in [7, 11) is 5.16. The van der Waals surface area contributed by atoms with Gasteiger partial charge in [-0.25, -0.2) is 0 Å². The smallest absolute Gasteiger partial charge is 0.0513 e. The van der Waals surface area contributed by atoms with E-state index in [4.69, 9.17) is 12.2 Å². The van der Waals surface area contributed by atoms with Crippen molar-refractivity contribution < 1.29 is 4.74 Å². The lowest BCUT2D eigenvalue weighted by Gasteiger charge is -2.20. The first kappa shape index (κ1) is 6.36. The molecule has 0 amide bonds. The Labute approximate surface area is 54.0 Å².